The molecule has 0 saturated heterocycles. The lowest BCUT2D eigenvalue weighted by Gasteiger charge is -2.38. The standard InChI is InChI=1S/C25H23F2N3O/c1-2-11-30-14-18(12-16-3-7-19(26)8-4-16)24-22(15-30)23(21(13-28)25(29)31-24)17-5-9-20(27)10-6-17/h3-10,12,23H,2,11,14-15,29H2,1H3/b18-12+/t23-/m1/s1. The first-order chi connectivity index (χ1) is 15.0. The van der Waals surface area contributed by atoms with Crippen molar-refractivity contribution in [2.24, 2.45) is 5.73 Å². The van der Waals surface area contributed by atoms with Gasteiger partial charge in [0.05, 0.1) is 5.92 Å². The molecule has 0 aliphatic carbocycles. The van der Waals surface area contributed by atoms with Crippen LogP contribution in [0.3, 0.4) is 0 Å². The molecule has 31 heavy (non-hydrogen) atoms. The molecule has 2 heterocycles. The minimum absolute atomic E-state index is 0.0597. The quantitative estimate of drug-likeness (QED) is 0.771. The van der Waals surface area contributed by atoms with Crippen LogP contribution in [0.1, 0.15) is 30.4 Å². The molecule has 2 N–H and O–H groups in total. The van der Waals surface area contributed by atoms with Crippen LogP contribution < -0.4 is 5.73 Å². The minimum atomic E-state index is -0.411. The fourth-order valence-corrected chi connectivity index (χ4v) is 4.21. The van der Waals surface area contributed by atoms with Gasteiger partial charge < -0.3 is 10.5 Å². The van der Waals surface area contributed by atoms with Crippen molar-refractivity contribution in [1.29, 1.82) is 5.26 Å². The summed E-state index contributed by atoms with van der Waals surface area (Å²) in [6, 6.07) is 14.6. The molecule has 0 bridgehead atoms. The molecule has 0 amide bonds. The van der Waals surface area contributed by atoms with Gasteiger partial charge in [-0.25, -0.2) is 8.78 Å². The van der Waals surface area contributed by atoms with Crippen molar-refractivity contribution in [2.75, 3.05) is 19.6 Å². The van der Waals surface area contributed by atoms with Gasteiger partial charge in [-0.1, -0.05) is 31.2 Å². The number of nitriles is 1. The fraction of sp³-hybridized carbons (Fsp3) is 0.240. The largest absolute Gasteiger partial charge is 0.440 e. The van der Waals surface area contributed by atoms with E-state index in [2.05, 4.69) is 17.9 Å². The summed E-state index contributed by atoms with van der Waals surface area (Å²) in [4.78, 5) is 2.28. The molecule has 2 aromatic carbocycles. The van der Waals surface area contributed by atoms with Crippen LogP contribution in [0.5, 0.6) is 0 Å². The van der Waals surface area contributed by atoms with E-state index in [4.69, 9.17) is 10.5 Å². The van der Waals surface area contributed by atoms with E-state index in [0.29, 0.717) is 24.4 Å². The van der Waals surface area contributed by atoms with Crippen LogP contribution in [0.25, 0.3) is 6.08 Å². The topological polar surface area (TPSA) is 62.3 Å². The summed E-state index contributed by atoms with van der Waals surface area (Å²) in [7, 11) is 0. The van der Waals surface area contributed by atoms with Crippen molar-refractivity contribution in [3.05, 3.63) is 99.7 Å². The van der Waals surface area contributed by atoms with Gasteiger partial charge >= 0.3 is 0 Å². The molecule has 1 atom stereocenters. The molecular weight excluding hydrogens is 396 g/mol. The minimum Gasteiger partial charge on any atom is -0.440 e. The fourth-order valence-electron chi connectivity index (χ4n) is 4.21. The average molecular weight is 419 g/mol. The highest BCUT2D eigenvalue weighted by atomic mass is 19.1. The lowest BCUT2D eigenvalue weighted by molar-refractivity contribution is 0.234. The van der Waals surface area contributed by atoms with Gasteiger partial charge in [0.2, 0.25) is 5.88 Å². The Bertz CT molecular complexity index is 1110. The highest BCUT2D eigenvalue weighted by Crippen LogP contribution is 2.43. The highest BCUT2D eigenvalue weighted by molar-refractivity contribution is 5.63. The van der Waals surface area contributed by atoms with Crippen molar-refractivity contribution in [3.63, 3.8) is 0 Å². The molecule has 0 aromatic heterocycles. The molecule has 2 aliphatic heterocycles. The number of hydrogen-bond acceptors (Lipinski definition) is 4. The summed E-state index contributed by atoms with van der Waals surface area (Å²) < 4.78 is 32.9. The van der Waals surface area contributed by atoms with Gasteiger partial charge in [0.15, 0.2) is 0 Å². The average Bonchev–Trinajstić information content (AvgIpc) is 2.76. The highest BCUT2D eigenvalue weighted by Gasteiger charge is 2.37. The first-order valence-corrected chi connectivity index (χ1v) is 10.2. The molecule has 2 aliphatic rings. The zero-order valence-corrected chi connectivity index (χ0v) is 17.2. The first kappa shape index (κ1) is 20.8. The van der Waals surface area contributed by atoms with Crippen molar-refractivity contribution >= 4 is 6.08 Å². The van der Waals surface area contributed by atoms with Crippen LogP contribution in [0, 0.1) is 23.0 Å². The van der Waals surface area contributed by atoms with Gasteiger partial charge in [0.25, 0.3) is 0 Å². The Hall–Kier alpha value is -3.43. The van der Waals surface area contributed by atoms with Crippen LogP contribution >= 0.6 is 0 Å². The van der Waals surface area contributed by atoms with E-state index >= 15 is 0 Å². The SMILES string of the molecule is CCCN1CC2=C(OC(N)=C(C#N)[C@H]2c2ccc(F)cc2)/C(=C/c2ccc(F)cc2)C1. The molecule has 0 saturated carbocycles. The molecule has 0 unspecified atom stereocenters. The predicted octanol–water partition coefficient (Wildman–Crippen LogP) is 4.84. The zero-order chi connectivity index (χ0) is 22.0. The van der Waals surface area contributed by atoms with Crippen molar-refractivity contribution < 1.29 is 13.5 Å². The third-order valence-corrected chi connectivity index (χ3v) is 5.56. The number of rotatable bonds is 4. The number of ether oxygens (including phenoxy) is 1. The maximum absolute atomic E-state index is 13.6. The maximum Gasteiger partial charge on any atom is 0.205 e. The molecule has 0 fully saturated rings. The van der Waals surface area contributed by atoms with E-state index in [0.717, 1.165) is 35.2 Å². The summed E-state index contributed by atoms with van der Waals surface area (Å²) in [6.45, 7) is 4.25. The molecule has 2 aromatic rings. The number of nitrogens with zero attached hydrogens (tertiary/aromatic N) is 2. The van der Waals surface area contributed by atoms with Crippen molar-refractivity contribution in [1.82, 2.24) is 4.90 Å². The number of benzene rings is 2. The maximum atomic E-state index is 13.6. The summed E-state index contributed by atoms with van der Waals surface area (Å²) in [5.74, 6) is -0.347. The molecule has 0 radical (unpaired) electrons. The zero-order valence-electron chi connectivity index (χ0n) is 17.2. The van der Waals surface area contributed by atoms with Gasteiger partial charge in [-0.3, -0.25) is 4.90 Å². The second-order valence-electron chi connectivity index (χ2n) is 7.76. The van der Waals surface area contributed by atoms with E-state index in [1.165, 1.54) is 24.3 Å². The van der Waals surface area contributed by atoms with Crippen LogP contribution in [0.2, 0.25) is 0 Å². The molecule has 158 valence electrons. The van der Waals surface area contributed by atoms with Crippen LogP contribution in [-0.2, 0) is 4.74 Å². The Labute approximate surface area is 180 Å². The Morgan fingerprint density at radius 1 is 1.10 bits per heavy atom. The van der Waals surface area contributed by atoms with Gasteiger partial charge in [0, 0.05) is 18.7 Å². The first-order valence-electron chi connectivity index (χ1n) is 10.2. The lowest BCUT2D eigenvalue weighted by atomic mass is 9.80. The summed E-state index contributed by atoms with van der Waals surface area (Å²) in [6.07, 6.45) is 2.93. The van der Waals surface area contributed by atoms with Crippen molar-refractivity contribution in [2.45, 2.75) is 19.3 Å². The van der Waals surface area contributed by atoms with Crippen LogP contribution in [-0.4, -0.2) is 24.5 Å². The van der Waals surface area contributed by atoms with Gasteiger partial charge in [-0.2, -0.15) is 5.26 Å². The monoisotopic (exact) mass is 419 g/mol. The second-order valence-corrected chi connectivity index (χ2v) is 7.76. The third kappa shape index (κ3) is 4.23. The molecule has 0 spiro atoms. The Balaban J connectivity index is 1.85. The summed E-state index contributed by atoms with van der Waals surface area (Å²) in [5.41, 5.74) is 9.95. The van der Waals surface area contributed by atoms with Gasteiger partial charge in [-0.15, -0.1) is 0 Å². The molecular formula is C25H23F2N3O. The Morgan fingerprint density at radius 2 is 1.74 bits per heavy atom. The van der Waals surface area contributed by atoms with E-state index in [9.17, 15) is 14.0 Å². The number of nitrogens with two attached hydrogens (primary N) is 1. The normalized spacial score (nSPS) is 20.5. The van der Waals surface area contributed by atoms with Gasteiger partial charge in [0.1, 0.15) is 29.0 Å². The number of hydrogen-bond donors (Lipinski definition) is 1. The molecule has 6 heteroatoms. The molecule has 4 nitrogen and oxygen atoms in total. The van der Waals surface area contributed by atoms with Crippen LogP contribution in [0.15, 0.2) is 76.9 Å². The number of halogens is 2. The smallest absolute Gasteiger partial charge is 0.205 e. The van der Waals surface area contributed by atoms with Crippen LogP contribution in [0.4, 0.5) is 8.78 Å². The van der Waals surface area contributed by atoms with E-state index < -0.39 is 5.92 Å². The summed E-state index contributed by atoms with van der Waals surface area (Å²) >= 11 is 0. The van der Waals surface area contributed by atoms with E-state index in [1.807, 2.05) is 6.08 Å². The van der Waals surface area contributed by atoms with E-state index in [1.54, 1.807) is 24.3 Å². The lowest BCUT2D eigenvalue weighted by Crippen LogP contribution is -2.38. The Kier molecular flexibility index (Phi) is 5.88. The third-order valence-electron chi connectivity index (χ3n) is 5.56. The van der Waals surface area contributed by atoms with Gasteiger partial charge in [-0.05, 0) is 60.0 Å². The van der Waals surface area contributed by atoms with Crippen molar-refractivity contribution in [3.8, 4) is 6.07 Å². The summed E-state index contributed by atoms with van der Waals surface area (Å²) in [5, 5.41) is 9.81. The Morgan fingerprint density at radius 3 is 2.35 bits per heavy atom. The second kappa shape index (κ2) is 8.75. The molecule has 4 rings (SSSR count). The predicted molar refractivity (Wildman–Crippen MR) is 115 cm³/mol. The van der Waals surface area contributed by atoms with E-state index in [-0.39, 0.29) is 17.5 Å². The number of allylic oxidation sites excluding steroid dienone is 1.